The summed E-state index contributed by atoms with van der Waals surface area (Å²) in [6.45, 7) is 4.71. The van der Waals surface area contributed by atoms with Crippen molar-refractivity contribution in [2.45, 2.75) is 57.2 Å². The van der Waals surface area contributed by atoms with Gasteiger partial charge in [0, 0.05) is 55.2 Å². The van der Waals surface area contributed by atoms with Gasteiger partial charge in [0.1, 0.15) is 35.6 Å². The summed E-state index contributed by atoms with van der Waals surface area (Å²) in [6.07, 6.45) is 10.7. The van der Waals surface area contributed by atoms with Crippen LogP contribution in [0.25, 0.3) is 32.9 Å². The van der Waals surface area contributed by atoms with Crippen LogP contribution in [0, 0.1) is 34.9 Å². The van der Waals surface area contributed by atoms with E-state index in [1.54, 1.807) is 30.5 Å². The lowest BCUT2D eigenvalue weighted by atomic mass is 9.79. The van der Waals surface area contributed by atoms with Crippen LogP contribution in [0.1, 0.15) is 51.0 Å². The molecule has 10 heteroatoms. The lowest BCUT2D eigenvalue weighted by Gasteiger charge is -2.40. The first-order chi connectivity index (χ1) is 21.7. The highest BCUT2D eigenvalue weighted by molar-refractivity contribution is 6.02. The van der Waals surface area contributed by atoms with E-state index in [1.807, 2.05) is 0 Å². The molecule has 2 aromatic heterocycles. The second-order valence-electron chi connectivity index (χ2n) is 13.1. The monoisotopic (exact) mass is 608 g/mol. The van der Waals surface area contributed by atoms with Gasteiger partial charge < -0.3 is 14.7 Å². The lowest BCUT2D eigenvalue weighted by molar-refractivity contribution is 0.107. The number of anilines is 1. The van der Waals surface area contributed by atoms with Gasteiger partial charge in [-0.3, -0.25) is 9.88 Å². The van der Waals surface area contributed by atoms with E-state index in [-0.39, 0.29) is 35.0 Å². The zero-order chi connectivity index (χ0) is 31.3. The molecular formula is C35H34F2N6O2. The number of nitriles is 1. The van der Waals surface area contributed by atoms with Crippen LogP contribution in [0.4, 0.5) is 14.6 Å². The Kier molecular flexibility index (Phi) is 7.21. The van der Waals surface area contributed by atoms with Gasteiger partial charge >= 0.3 is 6.01 Å². The van der Waals surface area contributed by atoms with Crippen molar-refractivity contribution in [3.05, 3.63) is 47.9 Å². The lowest BCUT2D eigenvalue weighted by Crippen LogP contribution is -2.44. The molecule has 3 atom stereocenters. The van der Waals surface area contributed by atoms with Gasteiger partial charge in [0.15, 0.2) is 5.82 Å². The smallest absolute Gasteiger partial charge is 0.319 e. The molecule has 0 saturated carbocycles. The minimum absolute atomic E-state index is 0.00807. The predicted molar refractivity (Wildman–Crippen MR) is 168 cm³/mol. The molecule has 0 aliphatic carbocycles. The molecule has 0 amide bonds. The third-order valence-corrected chi connectivity index (χ3v) is 9.83. The molecule has 3 aliphatic heterocycles. The predicted octanol–water partition coefficient (Wildman–Crippen LogP) is 6.15. The maximum absolute atomic E-state index is 16.8. The van der Waals surface area contributed by atoms with Crippen molar-refractivity contribution in [1.82, 2.24) is 19.9 Å². The number of ether oxygens (including phenoxy) is 1. The molecule has 5 heterocycles. The van der Waals surface area contributed by atoms with E-state index in [0.717, 1.165) is 32.2 Å². The highest BCUT2D eigenvalue weighted by atomic mass is 19.1. The molecule has 0 spiro atoms. The van der Waals surface area contributed by atoms with E-state index in [2.05, 4.69) is 38.7 Å². The van der Waals surface area contributed by atoms with Crippen LogP contribution in [-0.4, -0.2) is 69.5 Å². The van der Waals surface area contributed by atoms with Gasteiger partial charge in [0.05, 0.1) is 17.0 Å². The van der Waals surface area contributed by atoms with Crippen LogP contribution in [0.2, 0.25) is 0 Å². The molecule has 3 aliphatic rings. The Morgan fingerprint density at radius 3 is 2.87 bits per heavy atom. The first-order valence-electron chi connectivity index (χ1n) is 15.5. The Bertz CT molecular complexity index is 1900. The molecular weight excluding hydrogens is 574 g/mol. The fourth-order valence-electron chi connectivity index (χ4n) is 7.71. The topological polar surface area (TPSA) is 98.4 Å². The number of halogens is 2. The number of rotatable bonds is 6. The summed E-state index contributed by atoms with van der Waals surface area (Å²) in [4.78, 5) is 18.2. The molecule has 0 unspecified atom stereocenters. The third-order valence-electron chi connectivity index (χ3n) is 9.83. The minimum Gasteiger partial charge on any atom is -0.508 e. The number of fused-ring (bicyclic) bond motifs is 3. The number of aromatic hydroxyl groups is 1. The molecule has 8 nitrogen and oxygen atoms in total. The summed E-state index contributed by atoms with van der Waals surface area (Å²) in [5, 5.41) is 21.7. The molecule has 2 aromatic carbocycles. The number of hydrogen-bond donors (Lipinski definition) is 1. The number of pyridine rings is 1. The van der Waals surface area contributed by atoms with Crippen molar-refractivity contribution < 1.29 is 18.6 Å². The van der Waals surface area contributed by atoms with Crippen LogP contribution in [-0.2, 0) is 0 Å². The first kappa shape index (κ1) is 29.2. The van der Waals surface area contributed by atoms with Crippen molar-refractivity contribution in [3.63, 3.8) is 0 Å². The van der Waals surface area contributed by atoms with Crippen molar-refractivity contribution in [2.24, 2.45) is 5.41 Å². The summed E-state index contributed by atoms with van der Waals surface area (Å²) in [5.74, 6) is 2.41. The SMILES string of the molecule is C#Cc1cccc2cc(O)cc(-c3ncc4c(N5CCC[C@@](C)(CC#N)C5)nc(OC[C@@]56CCCN5C[C@H](F)C6)nc4c3F)c12. The summed E-state index contributed by atoms with van der Waals surface area (Å²) in [7, 11) is 0. The number of phenols is 1. The van der Waals surface area contributed by atoms with Crippen LogP contribution in [0.5, 0.6) is 11.8 Å². The summed E-state index contributed by atoms with van der Waals surface area (Å²) in [5.41, 5.74) is 0.226. The highest BCUT2D eigenvalue weighted by Gasteiger charge is 2.49. The molecule has 1 N–H and O–H groups in total. The number of hydrogen-bond acceptors (Lipinski definition) is 8. The van der Waals surface area contributed by atoms with Crippen LogP contribution >= 0.6 is 0 Å². The van der Waals surface area contributed by atoms with E-state index in [4.69, 9.17) is 16.1 Å². The fourth-order valence-corrected chi connectivity index (χ4v) is 7.71. The minimum atomic E-state index is -0.913. The largest absolute Gasteiger partial charge is 0.508 e. The van der Waals surface area contributed by atoms with Gasteiger partial charge in [-0.1, -0.05) is 25.0 Å². The number of phenolic OH excluding ortho intramolecular Hbond substituents is 1. The van der Waals surface area contributed by atoms with Crippen molar-refractivity contribution in [1.29, 1.82) is 5.26 Å². The zero-order valence-electron chi connectivity index (χ0n) is 25.2. The van der Waals surface area contributed by atoms with Gasteiger partial charge in [-0.05, 0) is 61.2 Å². The van der Waals surface area contributed by atoms with Crippen LogP contribution < -0.4 is 9.64 Å². The van der Waals surface area contributed by atoms with Crippen molar-refractivity contribution in [3.8, 4) is 41.4 Å². The average Bonchev–Trinajstić information content (AvgIpc) is 3.55. The summed E-state index contributed by atoms with van der Waals surface area (Å²) >= 11 is 0. The molecule has 7 rings (SSSR count). The first-order valence-corrected chi connectivity index (χ1v) is 15.5. The normalized spacial score (nSPS) is 24.9. The quantitative estimate of drug-likeness (QED) is 0.261. The standard InChI is InChI=1S/C35H34F2N6O2/c1-3-22-7-4-8-23-15-25(44)16-26(28(22)23)30-29(37)31-27(18-39-30)32(42-13-5-9-34(2,20-42)11-12-38)41-33(40-31)45-21-35-10-6-14-43(35)19-24(36)17-35/h1,4,7-8,15-16,18,24,44H,5-6,9-11,13-14,17,19-21H2,2H3/t24-,34+,35+/m1/s1. The van der Waals surface area contributed by atoms with Gasteiger partial charge in [-0.25, -0.2) is 8.78 Å². The molecule has 45 heavy (non-hydrogen) atoms. The number of benzene rings is 2. The maximum Gasteiger partial charge on any atom is 0.319 e. The van der Waals surface area contributed by atoms with Gasteiger partial charge in [0.2, 0.25) is 0 Å². The number of nitrogens with zero attached hydrogens (tertiary/aromatic N) is 6. The molecule has 0 radical (unpaired) electrons. The molecule has 4 aromatic rings. The zero-order valence-corrected chi connectivity index (χ0v) is 25.2. The number of piperidine rings is 1. The fraction of sp³-hybridized carbons (Fsp3) is 0.429. The average molecular weight is 609 g/mol. The molecule has 0 bridgehead atoms. The Hall–Kier alpha value is -4.54. The summed E-state index contributed by atoms with van der Waals surface area (Å²) < 4.78 is 37.5. The van der Waals surface area contributed by atoms with E-state index in [9.17, 15) is 14.8 Å². The summed E-state index contributed by atoms with van der Waals surface area (Å²) in [6, 6.07) is 10.7. The van der Waals surface area contributed by atoms with Gasteiger partial charge in [-0.2, -0.15) is 15.2 Å². The second-order valence-corrected chi connectivity index (χ2v) is 13.1. The molecule has 3 saturated heterocycles. The van der Waals surface area contributed by atoms with Crippen molar-refractivity contribution >= 4 is 27.5 Å². The van der Waals surface area contributed by atoms with Gasteiger partial charge in [0.25, 0.3) is 0 Å². The van der Waals surface area contributed by atoms with E-state index in [0.29, 0.717) is 65.6 Å². The maximum atomic E-state index is 16.8. The van der Waals surface area contributed by atoms with E-state index >= 15 is 4.39 Å². The van der Waals surface area contributed by atoms with Gasteiger partial charge in [-0.15, -0.1) is 6.42 Å². The Labute approximate surface area is 260 Å². The highest BCUT2D eigenvalue weighted by Crippen LogP contribution is 2.42. The van der Waals surface area contributed by atoms with Crippen molar-refractivity contribution in [2.75, 3.05) is 37.7 Å². The Morgan fingerprint density at radius 1 is 1.20 bits per heavy atom. The Balaban J connectivity index is 1.37. The number of terminal acetylenes is 1. The Morgan fingerprint density at radius 2 is 2.04 bits per heavy atom. The molecule has 3 fully saturated rings. The number of alkyl halides is 1. The second kappa shape index (κ2) is 11.1. The van der Waals surface area contributed by atoms with Crippen LogP contribution in [0.3, 0.4) is 0 Å². The third kappa shape index (κ3) is 5.07. The van der Waals surface area contributed by atoms with Crippen LogP contribution in [0.15, 0.2) is 36.5 Å². The number of aromatic nitrogens is 3. The molecule has 230 valence electrons. The van der Waals surface area contributed by atoms with E-state index in [1.165, 1.54) is 6.07 Å². The van der Waals surface area contributed by atoms with E-state index < -0.39 is 17.5 Å².